The molecule has 2 N–H and O–H groups in total. The monoisotopic (exact) mass is 390 g/mol. The predicted molar refractivity (Wildman–Crippen MR) is 99.7 cm³/mol. The number of piperidine rings is 1. The maximum Gasteiger partial charge on any atom is 0.326 e. The number of carboxylic acids is 1. The van der Waals surface area contributed by atoms with E-state index < -0.39 is 23.7 Å². The molecule has 1 fully saturated rings. The van der Waals surface area contributed by atoms with E-state index in [4.69, 9.17) is 0 Å². The van der Waals surface area contributed by atoms with Crippen LogP contribution in [0, 0.1) is 12.7 Å². The minimum Gasteiger partial charge on any atom is -0.480 e. The maximum atomic E-state index is 13.3. The summed E-state index contributed by atoms with van der Waals surface area (Å²) in [6.45, 7) is 2.14. The molecule has 1 aromatic heterocycles. The van der Waals surface area contributed by atoms with Gasteiger partial charge in [-0.3, -0.25) is 9.59 Å². The van der Waals surface area contributed by atoms with Crippen LogP contribution in [0.2, 0.25) is 0 Å². The Hall–Kier alpha value is -2.74. The van der Waals surface area contributed by atoms with Crippen molar-refractivity contribution in [3.8, 4) is 0 Å². The third-order valence-electron chi connectivity index (χ3n) is 4.48. The van der Waals surface area contributed by atoms with E-state index in [0.717, 1.165) is 30.2 Å². The average Bonchev–Trinajstić information content (AvgIpc) is 3.01. The summed E-state index contributed by atoms with van der Waals surface area (Å²) in [4.78, 5) is 38.4. The summed E-state index contributed by atoms with van der Waals surface area (Å²) in [5, 5.41) is 12.5. The second-order valence-corrected chi connectivity index (χ2v) is 7.49. The quantitative estimate of drug-likeness (QED) is 0.836. The Morgan fingerprint density at radius 2 is 2.04 bits per heavy atom. The van der Waals surface area contributed by atoms with Gasteiger partial charge in [0, 0.05) is 12.1 Å². The van der Waals surface area contributed by atoms with E-state index in [0.29, 0.717) is 28.4 Å². The topological polar surface area (TPSA) is 86.7 Å². The Balaban J connectivity index is 1.78. The van der Waals surface area contributed by atoms with Gasteiger partial charge in [-0.15, -0.1) is 11.3 Å². The van der Waals surface area contributed by atoms with Crippen molar-refractivity contribution in [3.63, 3.8) is 0 Å². The lowest BCUT2D eigenvalue weighted by molar-refractivity contribution is -0.143. The van der Waals surface area contributed by atoms with Gasteiger partial charge in [-0.1, -0.05) is 6.07 Å². The number of likely N-dealkylation sites (tertiary alicyclic amines) is 1. The number of halogens is 1. The molecule has 1 aliphatic rings. The van der Waals surface area contributed by atoms with Crippen molar-refractivity contribution in [1.82, 2.24) is 4.90 Å². The van der Waals surface area contributed by atoms with Gasteiger partial charge in [0.2, 0.25) is 0 Å². The van der Waals surface area contributed by atoms with Crippen molar-refractivity contribution in [1.29, 1.82) is 0 Å². The van der Waals surface area contributed by atoms with Crippen molar-refractivity contribution in [2.75, 3.05) is 11.9 Å². The first-order valence-corrected chi connectivity index (χ1v) is 9.39. The molecule has 1 aliphatic heterocycles. The average molecular weight is 390 g/mol. The van der Waals surface area contributed by atoms with Crippen LogP contribution in [0.15, 0.2) is 30.3 Å². The van der Waals surface area contributed by atoms with Crippen LogP contribution < -0.4 is 5.32 Å². The molecule has 2 amide bonds. The molecular weight excluding hydrogens is 371 g/mol. The summed E-state index contributed by atoms with van der Waals surface area (Å²) >= 11 is 1.09. The number of nitrogens with zero attached hydrogens (tertiary/aromatic N) is 1. The highest BCUT2D eigenvalue weighted by Crippen LogP contribution is 2.30. The van der Waals surface area contributed by atoms with Gasteiger partial charge in [-0.05, 0) is 56.0 Å². The molecule has 8 heteroatoms. The molecule has 2 heterocycles. The number of benzene rings is 1. The second kappa shape index (κ2) is 7.87. The molecule has 2 aromatic rings. The minimum absolute atomic E-state index is 0.177. The molecule has 1 atom stereocenters. The SMILES string of the molecule is Cc1cc(NC(=O)c2cccc(F)c2)sc1C(=O)N1CCCC[C@@H]1C(=O)O. The van der Waals surface area contributed by atoms with Gasteiger partial charge in [0.1, 0.15) is 11.9 Å². The van der Waals surface area contributed by atoms with Crippen molar-refractivity contribution < 1.29 is 23.9 Å². The molecule has 27 heavy (non-hydrogen) atoms. The van der Waals surface area contributed by atoms with E-state index in [1.165, 1.54) is 23.1 Å². The van der Waals surface area contributed by atoms with Crippen LogP contribution in [-0.4, -0.2) is 40.4 Å². The van der Waals surface area contributed by atoms with Gasteiger partial charge < -0.3 is 15.3 Å². The van der Waals surface area contributed by atoms with Crippen molar-refractivity contribution in [2.45, 2.75) is 32.2 Å². The number of thiophene rings is 1. The zero-order valence-corrected chi connectivity index (χ0v) is 15.5. The fourth-order valence-corrected chi connectivity index (χ4v) is 4.16. The summed E-state index contributed by atoms with van der Waals surface area (Å²) in [5.41, 5.74) is 0.838. The number of hydrogen-bond donors (Lipinski definition) is 2. The Bertz CT molecular complexity index is 896. The number of nitrogens with one attached hydrogen (secondary N) is 1. The molecule has 1 saturated heterocycles. The lowest BCUT2D eigenvalue weighted by Crippen LogP contribution is -2.47. The molecule has 6 nitrogen and oxygen atoms in total. The summed E-state index contributed by atoms with van der Waals surface area (Å²) in [5.74, 6) is -2.32. The van der Waals surface area contributed by atoms with Gasteiger partial charge >= 0.3 is 5.97 Å². The largest absolute Gasteiger partial charge is 0.480 e. The molecule has 0 radical (unpaired) electrons. The molecular formula is C19H19FN2O4S. The number of aliphatic carboxylic acids is 1. The molecule has 0 unspecified atom stereocenters. The standard InChI is InChI=1S/C19H19FN2O4S/c1-11-9-15(21-17(23)12-5-4-6-13(20)10-12)27-16(11)18(24)22-8-3-2-7-14(22)19(25)26/h4-6,9-10,14H,2-3,7-8H2,1H3,(H,21,23)(H,25,26)/t14-/m1/s1. The number of carbonyl (C=O) groups excluding carboxylic acids is 2. The van der Waals surface area contributed by atoms with E-state index in [-0.39, 0.29) is 11.5 Å². The number of carbonyl (C=O) groups is 3. The Morgan fingerprint density at radius 3 is 2.74 bits per heavy atom. The Labute approximate surface area is 159 Å². The van der Waals surface area contributed by atoms with Gasteiger partial charge in [0.05, 0.1) is 9.88 Å². The third kappa shape index (κ3) is 4.16. The number of rotatable bonds is 4. The normalized spacial score (nSPS) is 16.8. The maximum absolute atomic E-state index is 13.3. The van der Waals surface area contributed by atoms with Crippen LogP contribution in [0.1, 0.15) is 44.9 Å². The van der Waals surface area contributed by atoms with Gasteiger partial charge in [-0.25, -0.2) is 9.18 Å². The van der Waals surface area contributed by atoms with Gasteiger partial charge in [-0.2, -0.15) is 0 Å². The first kappa shape index (κ1) is 19.0. The molecule has 0 aliphatic carbocycles. The summed E-state index contributed by atoms with van der Waals surface area (Å²) in [7, 11) is 0. The molecule has 142 valence electrons. The zero-order valence-electron chi connectivity index (χ0n) is 14.7. The van der Waals surface area contributed by atoms with E-state index in [1.807, 2.05) is 0 Å². The van der Waals surface area contributed by atoms with E-state index in [2.05, 4.69) is 5.32 Å². The first-order valence-electron chi connectivity index (χ1n) is 8.58. The smallest absolute Gasteiger partial charge is 0.326 e. The third-order valence-corrected chi connectivity index (χ3v) is 5.62. The molecule has 0 bridgehead atoms. The number of amides is 2. The molecule has 3 rings (SSSR count). The van der Waals surface area contributed by atoms with Gasteiger partial charge in [0.25, 0.3) is 11.8 Å². The van der Waals surface area contributed by atoms with Crippen LogP contribution in [-0.2, 0) is 4.79 Å². The number of hydrogen-bond acceptors (Lipinski definition) is 4. The highest BCUT2D eigenvalue weighted by Gasteiger charge is 2.33. The van der Waals surface area contributed by atoms with E-state index in [9.17, 15) is 23.9 Å². The highest BCUT2D eigenvalue weighted by atomic mass is 32.1. The lowest BCUT2D eigenvalue weighted by atomic mass is 10.0. The minimum atomic E-state index is -1.00. The highest BCUT2D eigenvalue weighted by molar-refractivity contribution is 7.18. The van der Waals surface area contributed by atoms with Crippen molar-refractivity contribution in [3.05, 3.63) is 52.2 Å². The molecule has 1 aromatic carbocycles. The van der Waals surface area contributed by atoms with Gasteiger partial charge in [0.15, 0.2) is 0 Å². The summed E-state index contributed by atoms with van der Waals surface area (Å²) in [6.07, 6.45) is 1.98. The van der Waals surface area contributed by atoms with Crippen LogP contribution in [0.25, 0.3) is 0 Å². The predicted octanol–water partition coefficient (Wildman–Crippen LogP) is 3.53. The van der Waals surface area contributed by atoms with E-state index in [1.54, 1.807) is 13.0 Å². The number of anilines is 1. The summed E-state index contributed by atoms with van der Waals surface area (Å²) in [6, 6.07) is 6.16. The van der Waals surface area contributed by atoms with Crippen LogP contribution in [0.4, 0.5) is 9.39 Å². The van der Waals surface area contributed by atoms with Crippen molar-refractivity contribution in [2.24, 2.45) is 0 Å². The summed E-state index contributed by atoms with van der Waals surface area (Å²) < 4.78 is 13.3. The van der Waals surface area contributed by atoms with Crippen LogP contribution in [0.3, 0.4) is 0 Å². The van der Waals surface area contributed by atoms with Crippen LogP contribution in [0.5, 0.6) is 0 Å². The molecule has 0 saturated carbocycles. The fourth-order valence-electron chi connectivity index (χ4n) is 3.13. The first-order chi connectivity index (χ1) is 12.9. The van der Waals surface area contributed by atoms with E-state index >= 15 is 0 Å². The zero-order chi connectivity index (χ0) is 19.6. The Kier molecular flexibility index (Phi) is 5.55. The van der Waals surface area contributed by atoms with Crippen molar-refractivity contribution >= 4 is 34.1 Å². The lowest BCUT2D eigenvalue weighted by Gasteiger charge is -2.32. The van der Waals surface area contributed by atoms with Crippen LogP contribution >= 0.6 is 11.3 Å². The molecule has 0 spiro atoms. The number of aryl methyl sites for hydroxylation is 1. The second-order valence-electron chi connectivity index (χ2n) is 6.44. The Morgan fingerprint density at radius 1 is 1.26 bits per heavy atom. The number of carboxylic acid groups (broad SMARTS) is 1. The fraction of sp³-hybridized carbons (Fsp3) is 0.316.